The first-order valence-corrected chi connectivity index (χ1v) is 5.00. The summed E-state index contributed by atoms with van der Waals surface area (Å²) in [6.07, 6.45) is 4.40. The molecule has 1 aliphatic carbocycles. The molecule has 3 heteroatoms. The van der Waals surface area contributed by atoms with Gasteiger partial charge >= 0.3 is 5.97 Å². The molecule has 0 heterocycles. The van der Waals surface area contributed by atoms with E-state index in [1.165, 1.54) is 6.08 Å². The largest absolute Gasteiger partial charge is 0.458 e. The molecule has 15 heavy (non-hydrogen) atoms. The van der Waals surface area contributed by atoms with Crippen LogP contribution >= 0.6 is 0 Å². The van der Waals surface area contributed by atoms with E-state index in [2.05, 4.69) is 6.58 Å². The van der Waals surface area contributed by atoms with Gasteiger partial charge < -0.3 is 4.74 Å². The fourth-order valence-electron chi connectivity index (χ4n) is 1.50. The first-order chi connectivity index (χ1) is 6.96. The number of allylic oxidation sites excluding steroid dienone is 1. The Morgan fingerprint density at radius 2 is 2.33 bits per heavy atom. The Bertz CT molecular complexity index is 324. The van der Waals surface area contributed by atoms with Crippen LogP contribution in [0.4, 0.5) is 0 Å². The number of ether oxygens (including phenoxy) is 1. The minimum atomic E-state index is -0.535. The van der Waals surface area contributed by atoms with Gasteiger partial charge in [-0.1, -0.05) is 32.6 Å². The zero-order chi connectivity index (χ0) is 11.5. The Kier molecular flexibility index (Phi) is 3.45. The van der Waals surface area contributed by atoms with E-state index in [-0.39, 0.29) is 23.4 Å². The number of hydrogen-bond donors (Lipinski definition) is 0. The van der Waals surface area contributed by atoms with Crippen LogP contribution in [-0.4, -0.2) is 18.4 Å². The number of rotatable bonds is 3. The summed E-state index contributed by atoms with van der Waals surface area (Å²) in [7, 11) is 0. The maximum absolute atomic E-state index is 11.5. The van der Waals surface area contributed by atoms with E-state index in [1.807, 2.05) is 13.8 Å². The van der Waals surface area contributed by atoms with Crippen molar-refractivity contribution in [2.45, 2.75) is 26.7 Å². The van der Waals surface area contributed by atoms with Crippen LogP contribution in [0.25, 0.3) is 0 Å². The van der Waals surface area contributed by atoms with Gasteiger partial charge in [0.1, 0.15) is 6.61 Å². The monoisotopic (exact) mass is 208 g/mol. The van der Waals surface area contributed by atoms with Crippen molar-refractivity contribution in [1.29, 1.82) is 0 Å². The molecule has 0 atom stereocenters. The van der Waals surface area contributed by atoms with Gasteiger partial charge in [-0.3, -0.25) is 4.79 Å². The Labute approximate surface area is 89.8 Å². The van der Waals surface area contributed by atoms with Crippen molar-refractivity contribution < 1.29 is 14.3 Å². The van der Waals surface area contributed by atoms with Crippen molar-refractivity contribution in [2.24, 2.45) is 5.41 Å². The van der Waals surface area contributed by atoms with Crippen LogP contribution in [0.1, 0.15) is 26.7 Å². The molecule has 0 aromatic rings. The van der Waals surface area contributed by atoms with E-state index in [0.29, 0.717) is 6.42 Å². The maximum Gasteiger partial charge on any atom is 0.341 e. The lowest BCUT2D eigenvalue weighted by molar-refractivity contribution is -0.139. The van der Waals surface area contributed by atoms with Crippen molar-refractivity contribution in [3.05, 3.63) is 24.3 Å². The number of Topliss-reactive ketones (excluding diaryl/α,β-unsaturated/α-hetero) is 1. The third kappa shape index (κ3) is 3.05. The summed E-state index contributed by atoms with van der Waals surface area (Å²) in [5.41, 5.74) is 0.0873. The minimum absolute atomic E-state index is 0.101. The fourth-order valence-corrected chi connectivity index (χ4v) is 1.50. The molecule has 0 amide bonds. The first kappa shape index (κ1) is 11.7. The van der Waals surface area contributed by atoms with Crippen molar-refractivity contribution >= 4 is 11.8 Å². The van der Waals surface area contributed by atoms with Gasteiger partial charge in [-0.2, -0.15) is 0 Å². The third-order valence-corrected chi connectivity index (χ3v) is 2.38. The normalized spacial score (nSPS) is 19.3. The first-order valence-electron chi connectivity index (χ1n) is 5.00. The molecule has 0 aliphatic heterocycles. The second-order valence-corrected chi connectivity index (χ2v) is 4.36. The quantitative estimate of drug-likeness (QED) is 0.405. The standard InChI is InChI=1S/C12H16O3/c1-4-7-15-11(14)9-8-12(2,3)6-5-10(9)13/h4,8H,1,5-7H2,2-3H3. The number of carbonyl (C=O) groups is 2. The van der Waals surface area contributed by atoms with Gasteiger partial charge in [-0.15, -0.1) is 0 Å². The molecule has 0 fully saturated rings. The van der Waals surface area contributed by atoms with E-state index >= 15 is 0 Å². The van der Waals surface area contributed by atoms with E-state index in [0.717, 1.165) is 6.42 Å². The summed E-state index contributed by atoms with van der Waals surface area (Å²) in [5, 5.41) is 0. The Hall–Kier alpha value is -1.38. The van der Waals surface area contributed by atoms with E-state index in [1.54, 1.807) is 6.08 Å². The van der Waals surface area contributed by atoms with Crippen LogP contribution in [-0.2, 0) is 14.3 Å². The molecule has 1 aliphatic rings. The van der Waals surface area contributed by atoms with Gasteiger partial charge in [0, 0.05) is 6.42 Å². The molecule has 0 saturated heterocycles. The summed E-state index contributed by atoms with van der Waals surface area (Å²) in [5.74, 6) is -0.656. The Balaban J connectivity index is 2.81. The average Bonchev–Trinajstić information content (AvgIpc) is 2.18. The van der Waals surface area contributed by atoms with E-state index in [9.17, 15) is 9.59 Å². The molecular formula is C12H16O3. The van der Waals surface area contributed by atoms with E-state index in [4.69, 9.17) is 4.74 Å². The molecule has 0 saturated carbocycles. The summed E-state index contributed by atoms with van der Waals surface area (Å²) in [6, 6.07) is 0. The van der Waals surface area contributed by atoms with Crippen LogP contribution in [0, 0.1) is 5.41 Å². The molecule has 0 aromatic heterocycles. The van der Waals surface area contributed by atoms with Gasteiger partial charge in [0.15, 0.2) is 5.78 Å². The van der Waals surface area contributed by atoms with Crippen LogP contribution in [0.5, 0.6) is 0 Å². The molecule has 82 valence electrons. The lowest BCUT2D eigenvalue weighted by atomic mass is 9.79. The summed E-state index contributed by atoms with van der Waals surface area (Å²) < 4.78 is 4.85. The average molecular weight is 208 g/mol. The number of hydrogen-bond acceptors (Lipinski definition) is 3. The molecule has 0 spiro atoms. The predicted octanol–water partition coefficient (Wildman–Crippen LogP) is 2.03. The molecule has 0 N–H and O–H groups in total. The highest BCUT2D eigenvalue weighted by Crippen LogP contribution is 2.31. The lowest BCUT2D eigenvalue weighted by Crippen LogP contribution is -2.25. The second-order valence-electron chi connectivity index (χ2n) is 4.36. The van der Waals surface area contributed by atoms with Gasteiger partial charge in [-0.05, 0) is 11.8 Å². The van der Waals surface area contributed by atoms with E-state index < -0.39 is 5.97 Å². The summed E-state index contributed by atoms with van der Waals surface area (Å²) >= 11 is 0. The molecule has 0 aromatic carbocycles. The molecule has 1 rings (SSSR count). The van der Waals surface area contributed by atoms with Crippen LogP contribution in [0.2, 0.25) is 0 Å². The second kappa shape index (κ2) is 4.43. The molecule has 0 radical (unpaired) electrons. The van der Waals surface area contributed by atoms with Crippen molar-refractivity contribution in [1.82, 2.24) is 0 Å². The zero-order valence-electron chi connectivity index (χ0n) is 9.21. The number of ketones is 1. The van der Waals surface area contributed by atoms with Crippen molar-refractivity contribution in [3.63, 3.8) is 0 Å². The molecule has 0 bridgehead atoms. The smallest absolute Gasteiger partial charge is 0.341 e. The Morgan fingerprint density at radius 1 is 1.67 bits per heavy atom. The maximum atomic E-state index is 11.5. The highest BCUT2D eigenvalue weighted by atomic mass is 16.5. The topological polar surface area (TPSA) is 43.4 Å². The molecular weight excluding hydrogens is 192 g/mol. The molecule has 0 unspecified atom stereocenters. The van der Waals surface area contributed by atoms with Gasteiger partial charge in [0.25, 0.3) is 0 Å². The van der Waals surface area contributed by atoms with Crippen molar-refractivity contribution in [3.8, 4) is 0 Å². The lowest BCUT2D eigenvalue weighted by Gasteiger charge is -2.25. The van der Waals surface area contributed by atoms with Crippen LogP contribution in [0.3, 0.4) is 0 Å². The van der Waals surface area contributed by atoms with Gasteiger partial charge in [0.2, 0.25) is 0 Å². The third-order valence-electron chi connectivity index (χ3n) is 2.38. The van der Waals surface area contributed by atoms with Gasteiger partial charge in [0.05, 0.1) is 5.57 Å². The molecule has 3 nitrogen and oxygen atoms in total. The van der Waals surface area contributed by atoms with Crippen LogP contribution in [0.15, 0.2) is 24.3 Å². The summed E-state index contributed by atoms with van der Waals surface area (Å²) in [6.45, 7) is 7.59. The number of esters is 1. The Morgan fingerprint density at radius 3 is 2.93 bits per heavy atom. The SMILES string of the molecule is C=CCOC(=O)C1=CC(C)(C)CCC1=O. The fraction of sp³-hybridized carbons (Fsp3) is 0.500. The summed E-state index contributed by atoms with van der Waals surface area (Å²) in [4.78, 5) is 23.0. The van der Waals surface area contributed by atoms with Gasteiger partial charge in [-0.25, -0.2) is 4.79 Å². The van der Waals surface area contributed by atoms with Crippen molar-refractivity contribution in [2.75, 3.05) is 6.61 Å². The zero-order valence-corrected chi connectivity index (χ0v) is 9.21. The van der Waals surface area contributed by atoms with Crippen LogP contribution < -0.4 is 0 Å². The highest BCUT2D eigenvalue weighted by molar-refractivity contribution is 6.17. The number of carbonyl (C=O) groups excluding carboxylic acids is 2. The predicted molar refractivity (Wildman–Crippen MR) is 57.3 cm³/mol. The highest BCUT2D eigenvalue weighted by Gasteiger charge is 2.30. The minimum Gasteiger partial charge on any atom is -0.458 e.